The van der Waals surface area contributed by atoms with Crippen molar-refractivity contribution in [2.45, 2.75) is 25.9 Å². The van der Waals surface area contributed by atoms with Gasteiger partial charge in [0, 0.05) is 11.8 Å². The number of ether oxygens (including phenoxy) is 1. The summed E-state index contributed by atoms with van der Waals surface area (Å²) in [5.41, 5.74) is 4.63. The van der Waals surface area contributed by atoms with Gasteiger partial charge in [-0.25, -0.2) is 4.79 Å². The predicted molar refractivity (Wildman–Crippen MR) is 89.4 cm³/mol. The van der Waals surface area contributed by atoms with Gasteiger partial charge in [0.05, 0.1) is 16.8 Å². The standard InChI is InChI=1S/C20H17NO2/c1-2-13-7-9-14(10-8-13)19-12-18-16(20(22)23-19)11-15-5-3-4-6-17(15)21-18/h3-11,19H,2,12H2,1H3. The molecule has 1 atom stereocenters. The van der Waals surface area contributed by atoms with Crippen LogP contribution in [0.5, 0.6) is 0 Å². The average Bonchev–Trinajstić information content (AvgIpc) is 2.60. The third kappa shape index (κ3) is 2.48. The quantitative estimate of drug-likeness (QED) is 0.664. The molecule has 3 heteroatoms. The molecule has 3 aromatic rings. The van der Waals surface area contributed by atoms with Crippen molar-refractivity contribution in [3.8, 4) is 0 Å². The molecule has 0 bridgehead atoms. The maximum atomic E-state index is 12.4. The highest BCUT2D eigenvalue weighted by Gasteiger charge is 2.29. The molecule has 0 aliphatic carbocycles. The van der Waals surface area contributed by atoms with Crippen LogP contribution >= 0.6 is 0 Å². The summed E-state index contributed by atoms with van der Waals surface area (Å²) in [6.07, 6.45) is 1.37. The lowest BCUT2D eigenvalue weighted by molar-refractivity contribution is 0.0248. The molecule has 1 unspecified atom stereocenters. The molecule has 1 aliphatic heterocycles. The van der Waals surface area contributed by atoms with Crippen LogP contribution in [0.4, 0.5) is 0 Å². The van der Waals surface area contributed by atoms with E-state index in [1.165, 1.54) is 5.56 Å². The number of rotatable bonds is 2. The lowest BCUT2D eigenvalue weighted by atomic mass is 9.96. The summed E-state index contributed by atoms with van der Waals surface area (Å²) in [5.74, 6) is -0.283. The molecule has 2 aromatic carbocycles. The van der Waals surface area contributed by atoms with Crippen molar-refractivity contribution in [1.82, 2.24) is 4.98 Å². The smallest absolute Gasteiger partial charge is 0.340 e. The van der Waals surface area contributed by atoms with Gasteiger partial charge in [-0.3, -0.25) is 4.98 Å². The molecule has 4 rings (SSSR count). The van der Waals surface area contributed by atoms with Crippen LogP contribution in [-0.4, -0.2) is 11.0 Å². The summed E-state index contributed by atoms with van der Waals surface area (Å²) in [6, 6.07) is 18.0. The maximum absolute atomic E-state index is 12.4. The number of carbonyl (C=O) groups excluding carboxylic acids is 1. The summed E-state index contributed by atoms with van der Waals surface area (Å²) >= 11 is 0. The molecule has 23 heavy (non-hydrogen) atoms. The van der Waals surface area contributed by atoms with Crippen LogP contribution in [0.15, 0.2) is 54.6 Å². The fraction of sp³-hybridized carbons (Fsp3) is 0.200. The Balaban J connectivity index is 1.73. The number of aromatic nitrogens is 1. The van der Waals surface area contributed by atoms with E-state index in [9.17, 15) is 4.79 Å². The lowest BCUT2D eigenvalue weighted by Gasteiger charge is -2.24. The molecule has 1 aromatic heterocycles. The number of carbonyl (C=O) groups is 1. The number of esters is 1. The topological polar surface area (TPSA) is 39.2 Å². The first kappa shape index (κ1) is 13.9. The van der Waals surface area contributed by atoms with Crippen molar-refractivity contribution in [1.29, 1.82) is 0 Å². The van der Waals surface area contributed by atoms with E-state index in [1.807, 2.05) is 42.5 Å². The highest BCUT2D eigenvalue weighted by Crippen LogP contribution is 2.31. The van der Waals surface area contributed by atoms with Crippen LogP contribution in [0.2, 0.25) is 0 Å². The Kier molecular flexibility index (Phi) is 3.34. The number of hydrogen-bond acceptors (Lipinski definition) is 3. The van der Waals surface area contributed by atoms with Crippen LogP contribution in [0.3, 0.4) is 0 Å². The Morgan fingerprint density at radius 3 is 2.70 bits per heavy atom. The third-order valence-electron chi connectivity index (χ3n) is 4.41. The van der Waals surface area contributed by atoms with Crippen LogP contribution in [0, 0.1) is 0 Å². The van der Waals surface area contributed by atoms with Gasteiger partial charge in [-0.1, -0.05) is 49.4 Å². The van der Waals surface area contributed by atoms with Crippen molar-refractivity contribution in [3.63, 3.8) is 0 Å². The van der Waals surface area contributed by atoms with Crippen LogP contribution in [-0.2, 0) is 17.6 Å². The SMILES string of the molecule is CCc1ccc(C2Cc3nc4ccccc4cc3C(=O)O2)cc1. The summed E-state index contributed by atoms with van der Waals surface area (Å²) in [4.78, 5) is 17.0. The Morgan fingerprint density at radius 1 is 1.13 bits per heavy atom. The molecule has 3 nitrogen and oxygen atoms in total. The first-order valence-electron chi connectivity index (χ1n) is 7.93. The van der Waals surface area contributed by atoms with Crippen LogP contribution in [0.25, 0.3) is 10.9 Å². The maximum Gasteiger partial charge on any atom is 0.340 e. The van der Waals surface area contributed by atoms with Gasteiger partial charge in [-0.2, -0.15) is 0 Å². The molecule has 0 fully saturated rings. The third-order valence-corrected chi connectivity index (χ3v) is 4.41. The van der Waals surface area contributed by atoms with Gasteiger partial charge in [-0.15, -0.1) is 0 Å². The zero-order valence-electron chi connectivity index (χ0n) is 13.0. The predicted octanol–water partition coefficient (Wildman–Crippen LogP) is 4.25. The Morgan fingerprint density at radius 2 is 1.91 bits per heavy atom. The molecular weight excluding hydrogens is 286 g/mol. The number of benzene rings is 2. The Hall–Kier alpha value is -2.68. The first-order chi connectivity index (χ1) is 11.2. The average molecular weight is 303 g/mol. The van der Waals surface area contributed by atoms with Crippen molar-refractivity contribution < 1.29 is 9.53 Å². The minimum absolute atomic E-state index is 0.255. The molecule has 2 heterocycles. The van der Waals surface area contributed by atoms with Gasteiger partial charge in [-0.05, 0) is 29.7 Å². The van der Waals surface area contributed by atoms with Gasteiger partial charge in [0.25, 0.3) is 0 Å². The fourth-order valence-electron chi connectivity index (χ4n) is 3.05. The van der Waals surface area contributed by atoms with Gasteiger partial charge >= 0.3 is 5.97 Å². The van der Waals surface area contributed by atoms with Crippen LogP contribution in [0.1, 0.15) is 40.2 Å². The highest BCUT2D eigenvalue weighted by molar-refractivity contribution is 5.96. The molecule has 0 saturated heterocycles. The van der Waals surface area contributed by atoms with E-state index in [2.05, 4.69) is 24.0 Å². The van der Waals surface area contributed by atoms with E-state index in [-0.39, 0.29) is 12.1 Å². The van der Waals surface area contributed by atoms with Crippen molar-refractivity contribution in [3.05, 3.63) is 77.0 Å². The number of nitrogens with zero attached hydrogens (tertiary/aromatic N) is 1. The number of cyclic esters (lactones) is 1. The molecular formula is C20H17NO2. The molecule has 1 aliphatic rings. The molecule has 0 spiro atoms. The molecule has 0 amide bonds. The van der Waals surface area contributed by atoms with Gasteiger partial charge in [0.15, 0.2) is 0 Å². The minimum atomic E-state index is -0.283. The Labute approximate surface area is 134 Å². The molecule has 0 N–H and O–H groups in total. The van der Waals surface area contributed by atoms with Crippen molar-refractivity contribution in [2.75, 3.05) is 0 Å². The van der Waals surface area contributed by atoms with Crippen molar-refractivity contribution >= 4 is 16.9 Å². The second-order valence-electron chi connectivity index (χ2n) is 5.87. The summed E-state index contributed by atoms with van der Waals surface area (Å²) in [7, 11) is 0. The van der Waals surface area contributed by atoms with Gasteiger partial charge < -0.3 is 4.74 Å². The lowest BCUT2D eigenvalue weighted by Crippen LogP contribution is -2.23. The second kappa shape index (κ2) is 5.51. The van der Waals surface area contributed by atoms with Gasteiger partial charge in [0.2, 0.25) is 0 Å². The second-order valence-corrected chi connectivity index (χ2v) is 5.87. The normalized spacial score (nSPS) is 16.9. The fourth-order valence-corrected chi connectivity index (χ4v) is 3.05. The number of hydrogen-bond donors (Lipinski definition) is 0. The van der Waals surface area contributed by atoms with E-state index in [0.717, 1.165) is 28.6 Å². The zero-order chi connectivity index (χ0) is 15.8. The Bertz CT molecular complexity index is 884. The number of para-hydroxylation sites is 1. The monoisotopic (exact) mass is 303 g/mol. The molecule has 114 valence electrons. The van der Waals surface area contributed by atoms with Gasteiger partial charge in [0.1, 0.15) is 6.10 Å². The summed E-state index contributed by atoms with van der Waals surface area (Å²) in [6.45, 7) is 2.13. The number of pyridine rings is 1. The van der Waals surface area contributed by atoms with E-state index in [0.29, 0.717) is 12.0 Å². The van der Waals surface area contributed by atoms with E-state index in [1.54, 1.807) is 0 Å². The van der Waals surface area contributed by atoms with E-state index >= 15 is 0 Å². The van der Waals surface area contributed by atoms with E-state index in [4.69, 9.17) is 4.74 Å². The van der Waals surface area contributed by atoms with E-state index < -0.39 is 0 Å². The number of aryl methyl sites for hydroxylation is 1. The largest absolute Gasteiger partial charge is 0.453 e. The summed E-state index contributed by atoms with van der Waals surface area (Å²) in [5, 5.41) is 0.967. The number of fused-ring (bicyclic) bond motifs is 2. The summed E-state index contributed by atoms with van der Waals surface area (Å²) < 4.78 is 5.64. The minimum Gasteiger partial charge on any atom is -0.453 e. The highest BCUT2D eigenvalue weighted by atomic mass is 16.5. The van der Waals surface area contributed by atoms with Crippen molar-refractivity contribution in [2.24, 2.45) is 0 Å². The van der Waals surface area contributed by atoms with Crippen LogP contribution < -0.4 is 0 Å². The zero-order valence-corrected chi connectivity index (χ0v) is 13.0. The molecule has 0 saturated carbocycles. The first-order valence-corrected chi connectivity index (χ1v) is 7.93. The molecule has 0 radical (unpaired) electrons.